The van der Waals surface area contributed by atoms with Crippen LogP contribution in [-0.2, 0) is 0 Å². The van der Waals surface area contributed by atoms with Crippen molar-refractivity contribution in [2.45, 2.75) is 20.3 Å². The number of nitrogens with one attached hydrogen (secondary N) is 1. The van der Waals surface area contributed by atoms with Gasteiger partial charge in [-0.05, 0) is 24.1 Å². The molecule has 0 aliphatic rings. The summed E-state index contributed by atoms with van der Waals surface area (Å²) in [6, 6.07) is 5.43. The van der Waals surface area contributed by atoms with Gasteiger partial charge in [-0.2, -0.15) is 0 Å². The minimum Gasteiger partial charge on any atom is -0.397 e. The summed E-state index contributed by atoms with van der Waals surface area (Å²) in [6.07, 6.45) is 1.14. The summed E-state index contributed by atoms with van der Waals surface area (Å²) in [5, 5.41) is 2.59. The fourth-order valence-corrected chi connectivity index (χ4v) is 1.88. The van der Waals surface area contributed by atoms with E-state index in [1.165, 1.54) is 0 Å². The smallest absolute Gasteiger partial charge is 0.251 e. The molecule has 0 aromatic heterocycles. The highest BCUT2D eigenvalue weighted by Gasteiger charge is 2.11. The predicted octanol–water partition coefficient (Wildman–Crippen LogP) is 2.11. The molecule has 0 saturated carbocycles. The van der Waals surface area contributed by atoms with Gasteiger partial charge < -0.3 is 16.0 Å². The first-order valence-electron chi connectivity index (χ1n) is 6.32. The van der Waals surface area contributed by atoms with Crippen LogP contribution < -0.4 is 16.0 Å². The number of nitrogens with two attached hydrogens (primary N) is 1. The van der Waals surface area contributed by atoms with Crippen LogP contribution in [-0.4, -0.2) is 26.5 Å². The normalized spacial score (nSPS) is 12.0. The van der Waals surface area contributed by atoms with E-state index in [9.17, 15) is 4.79 Å². The lowest BCUT2D eigenvalue weighted by Crippen LogP contribution is -2.25. The molecule has 0 aliphatic carbocycles. The van der Waals surface area contributed by atoms with Crippen LogP contribution in [0.3, 0.4) is 0 Å². The Morgan fingerprint density at radius 1 is 1.50 bits per heavy atom. The van der Waals surface area contributed by atoms with E-state index in [4.69, 9.17) is 5.73 Å². The molecule has 0 radical (unpaired) electrons. The average Bonchev–Trinajstić information content (AvgIpc) is 2.37. The van der Waals surface area contributed by atoms with Crippen LogP contribution in [0.2, 0.25) is 0 Å². The summed E-state index contributed by atoms with van der Waals surface area (Å²) >= 11 is 0. The standard InChI is InChI=1S/C14H23N3O/c1-5-10(2)9-17(4)13-7-6-11(8-12(13)15)14(18)16-3/h6-8,10H,5,9,15H2,1-4H3,(H,16,18). The van der Waals surface area contributed by atoms with E-state index in [-0.39, 0.29) is 5.91 Å². The van der Waals surface area contributed by atoms with Gasteiger partial charge in [0.1, 0.15) is 0 Å². The first-order valence-corrected chi connectivity index (χ1v) is 6.32. The fraction of sp³-hybridized carbons (Fsp3) is 0.500. The zero-order valence-corrected chi connectivity index (χ0v) is 11.7. The molecule has 3 N–H and O–H groups in total. The molecular formula is C14H23N3O. The summed E-state index contributed by atoms with van der Waals surface area (Å²) in [7, 11) is 3.64. The molecule has 1 rings (SSSR count). The van der Waals surface area contributed by atoms with Gasteiger partial charge in [0.25, 0.3) is 5.91 Å². The minimum atomic E-state index is -0.113. The number of carbonyl (C=O) groups excluding carboxylic acids is 1. The molecule has 0 fully saturated rings. The predicted molar refractivity (Wildman–Crippen MR) is 77.0 cm³/mol. The molecule has 1 aromatic rings. The van der Waals surface area contributed by atoms with E-state index >= 15 is 0 Å². The third-order valence-corrected chi connectivity index (χ3v) is 3.21. The zero-order valence-electron chi connectivity index (χ0n) is 11.7. The second kappa shape index (κ2) is 6.28. The summed E-state index contributed by atoms with van der Waals surface area (Å²) in [4.78, 5) is 13.6. The highest BCUT2D eigenvalue weighted by molar-refractivity contribution is 5.95. The third-order valence-electron chi connectivity index (χ3n) is 3.21. The number of benzene rings is 1. The van der Waals surface area contributed by atoms with Crippen LogP contribution in [0.5, 0.6) is 0 Å². The molecule has 1 amide bonds. The fourth-order valence-electron chi connectivity index (χ4n) is 1.88. The second-order valence-corrected chi connectivity index (χ2v) is 4.75. The molecule has 0 heterocycles. The molecular weight excluding hydrogens is 226 g/mol. The molecule has 0 saturated heterocycles. The molecule has 1 aromatic carbocycles. The zero-order chi connectivity index (χ0) is 13.7. The van der Waals surface area contributed by atoms with E-state index in [1.54, 1.807) is 19.2 Å². The quantitative estimate of drug-likeness (QED) is 0.786. The molecule has 0 spiro atoms. The van der Waals surface area contributed by atoms with E-state index in [2.05, 4.69) is 24.1 Å². The first-order chi connectivity index (χ1) is 8.49. The Bertz CT molecular complexity index is 418. The first kappa shape index (κ1) is 14.4. The molecule has 4 heteroatoms. The maximum atomic E-state index is 11.5. The minimum absolute atomic E-state index is 0.113. The van der Waals surface area contributed by atoms with Gasteiger partial charge in [0.15, 0.2) is 0 Å². The van der Waals surface area contributed by atoms with Crippen molar-refractivity contribution in [2.24, 2.45) is 5.92 Å². The van der Waals surface area contributed by atoms with Crippen LogP contribution in [0, 0.1) is 5.92 Å². The summed E-state index contributed by atoms with van der Waals surface area (Å²) in [5.41, 5.74) is 8.22. The average molecular weight is 249 g/mol. The van der Waals surface area contributed by atoms with Crippen molar-refractivity contribution in [3.05, 3.63) is 23.8 Å². The molecule has 18 heavy (non-hydrogen) atoms. The van der Waals surface area contributed by atoms with Crippen molar-refractivity contribution in [3.63, 3.8) is 0 Å². The topological polar surface area (TPSA) is 58.4 Å². The Hall–Kier alpha value is -1.71. The maximum Gasteiger partial charge on any atom is 0.251 e. The molecule has 1 atom stereocenters. The van der Waals surface area contributed by atoms with Crippen LogP contribution in [0.25, 0.3) is 0 Å². The van der Waals surface area contributed by atoms with Crippen molar-refractivity contribution in [2.75, 3.05) is 31.3 Å². The Morgan fingerprint density at radius 2 is 2.17 bits per heavy atom. The van der Waals surface area contributed by atoms with E-state index in [1.807, 2.05) is 13.1 Å². The van der Waals surface area contributed by atoms with Crippen LogP contribution >= 0.6 is 0 Å². The van der Waals surface area contributed by atoms with Gasteiger partial charge in [0, 0.05) is 26.2 Å². The summed E-state index contributed by atoms with van der Waals surface area (Å²) < 4.78 is 0. The van der Waals surface area contributed by atoms with Crippen molar-refractivity contribution in [1.82, 2.24) is 5.32 Å². The number of hydrogen-bond donors (Lipinski definition) is 2. The lowest BCUT2D eigenvalue weighted by Gasteiger charge is -2.24. The number of nitrogen functional groups attached to an aromatic ring is 1. The molecule has 4 nitrogen and oxygen atoms in total. The van der Waals surface area contributed by atoms with Gasteiger partial charge >= 0.3 is 0 Å². The van der Waals surface area contributed by atoms with Crippen LogP contribution in [0.4, 0.5) is 11.4 Å². The van der Waals surface area contributed by atoms with Crippen LogP contribution in [0.1, 0.15) is 30.6 Å². The Morgan fingerprint density at radius 3 is 2.67 bits per heavy atom. The second-order valence-electron chi connectivity index (χ2n) is 4.75. The maximum absolute atomic E-state index is 11.5. The molecule has 1 unspecified atom stereocenters. The largest absolute Gasteiger partial charge is 0.397 e. The lowest BCUT2D eigenvalue weighted by molar-refractivity contribution is 0.0963. The highest BCUT2D eigenvalue weighted by atomic mass is 16.1. The molecule has 0 bridgehead atoms. The van der Waals surface area contributed by atoms with Crippen molar-refractivity contribution >= 4 is 17.3 Å². The number of anilines is 2. The number of hydrogen-bond acceptors (Lipinski definition) is 3. The van der Waals surface area contributed by atoms with E-state index in [0.29, 0.717) is 17.2 Å². The van der Waals surface area contributed by atoms with E-state index in [0.717, 1.165) is 18.7 Å². The lowest BCUT2D eigenvalue weighted by atomic mass is 10.1. The van der Waals surface area contributed by atoms with Crippen LogP contribution in [0.15, 0.2) is 18.2 Å². The SMILES string of the molecule is CCC(C)CN(C)c1ccc(C(=O)NC)cc1N. The Labute approximate surface area is 109 Å². The molecule has 0 aliphatic heterocycles. The summed E-state index contributed by atoms with van der Waals surface area (Å²) in [5.74, 6) is 0.505. The van der Waals surface area contributed by atoms with Gasteiger partial charge in [-0.1, -0.05) is 20.3 Å². The number of rotatable bonds is 5. The molecule has 100 valence electrons. The Kier molecular flexibility index (Phi) is 5.01. The van der Waals surface area contributed by atoms with E-state index < -0.39 is 0 Å². The van der Waals surface area contributed by atoms with Gasteiger partial charge in [-0.25, -0.2) is 0 Å². The number of amides is 1. The van der Waals surface area contributed by atoms with Gasteiger partial charge in [-0.15, -0.1) is 0 Å². The summed E-state index contributed by atoms with van der Waals surface area (Å²) in [6.45, 7) is 5.35. The monoisotopic (exact) mass is 249 g/mol. The van der Waals surface area contributed by atoms with Gasteiger partial charge in [0.05, 0.1) is 11.4 Å². The number of carbonyl (C=O) groups is 1. The third kappa shape index (κ3) is 3.39. The van der Waals surface area contributed by atoms with Crippen molar-refractivity contribution in [1.29, 1.82) is 0 Å². The Balaban J connectivity index is 2.88. The van der Waals surface area contributed by atoms with Gasteiger partial charge in [-0.3, -0.25) is 4.79 Å². The van der Waals surface area contributed by atoms with Gasteiger partial charge in [0.2, 0.25) is 0 Å². The van der Waals surface area contributed by atoms with Crippen molar-refractivity contribution in [3.8, 4) is 0 Å². The van der Waals surface area contributed by atoms with Crippen molar-refractivity contribution < 1.29 is 4.79 Å². The number of nitrogens with zero attached hydrogens (tertiary/aromatic N) is 1. The highest BCUT2D eigenvalue weighted by Crippen LogP contribution is 2.24.